The summed E-state index contributed by atoms with van der Waals surface area (Å²) in [5.74, 6) is 0.224. The van der Waals surface area contributed by atoms with Gasteiger partial charge >= 0.3 is 0 Å². The van der Waals surface area contributed by atoms with Gasteiger partial charge in [-0.25, -0.2) is 4.98 Å². The average molecular weight is 292 g/mol. The molecule has 86 valence electrons. The number of anilines is 1. The highest BCUT2D eigenvalue weighted by atomic mass is 79.9. The zero-order valence-corrected chi connectivity index (χ0v) is 10.7. The van der Waals surface area contributed by atoms with Crippen LogP contribution >= 0.6 is 15.9 Å². The molecule has 2 rings (SSSR count). The predicted octanol–water partition coefficient (Wildman–Crippen LogP) is 2.80. The Kier molecular flexibility index (Phi) is 3.49. The molecule has 0 atom stereocenters. The van der Waals surface area contributed by atoms with E-state index in [9.17, 15) is 4.79 Å². The monoisotopic (exact) mass is 291 g/mol. The molecular weight excluding hydrogens is 282 g/mol. The highest BCUT2D eigenvalue weighted by Gasteiger charge is 2.10. The molecule has 0 aliphatic rings. The second kappa shape index (κ2) is 5.05. The fourth-order valence-electron chi connectivity index (χ4n) is 1.35. The van der Waals surface area contributed by atoms with Gasteiger partial charge in [-0.3, -0.25) is 9.78 Å². The number of benzene rings is 1. The van der Waals surface area contributed by atoms with E-state index in [-0.39, 0.29) is 5.91 Å². The highest BCUT2D eigenvalue weighted by molar-refractivity contribution is 9.10. The molecule has 1 aromatic heterocycles. The zero-order chi connectivity index (χ0) is 12.3. The zero-order valence-electron chi connectivity index (χ0n) is 9.14. The molecule has 0 fully saturated rings. The van der Waals surface area contributed by atoms with E-state index in [0.717, 1.165) is 10.0 Å². The lowest BCUT2D eigenvalue weighted by Gasteiger charge is -2.06. The molecule has 5 heteroatoms. The first-order valence-corrected chi connectivity index (χ1v) is 5.79. The summed E-state index contributed by atoms with van der Waals surface area (Å²) in [7, 11) is 0. The van der Waals surface area contributed by atoms with Gasteiger partial charge in [0.15, 0.2) is 5.82 Å². The fourth-order valence-corrected chi connectivity index (χ4v) is 2.02. The molecule has 0 unspecified atom stereocenters. The average Bonchev–Trinajstić information content (AvgIpc) is 2.30. The van der Waals surface area contributed by atoms with Crippen LogP contribution in [0.4, 0.5) is 5.82 Å². The van der Waals surface area contributed by atoms with Crippen LogP contribution in [0.2, 0.25) is 0 Å². The van der Waals surface area contributed by atoms with Crippen LogP contribution in [-0.2, 0) is 0 Å². The first kappa shape index (κ1) is 11.7. The molecule has 1 N–H and O–H groups in total. The van der Waals surface area contributed by atoms with Gasteiger partial charge in [-0.1, -0.05) is 6.07 Å². The molecule has 0 aliphatic carbocycles. The van der Waals surface area contributed by atoms with E-state index in [0.29, 0.717) is 11.4 Å². The molecule has 0 bridgehead atoms. The number of hydrogen-bond donors (Lipinski definition) is 1. The molecule has 0 radical (unpaired) electrons. The third-order valence-electron chi connectivity index (χ3n) is 2.17. The summed E-state index contributed by atoms with van der Waals surface area (Å²) in [5.41, 5.74) is 1.66. The molecular formula is C12H10BrN3O. The quantitative estimate of drug-likeness (QED) is 0.926. The SMILES string of the molecule is Cc1ccc(C(=O)Nc2cnccn2)c(Br)c1. The number of aryl methyl sites for hydroxylation is 1. The molecule has 0 saturated heterocycles. The van der Waals surface area contributed by atoms with Crippen molar-refractivity contribution < 1.29 is 4.79 Å². The molecule has 2 aromatic rings. The number of carbonyl (C=O) groups excluding carboxylic acids is 1. The van der Waals surface area contributed by atoms with Crippen molar-refractivity contribution in [3.63, 3.8) is 0 Å². The highest BCUT2D eigenvalue weighted by Crippen LogP contribution is 2.19. The van der Waals surface area contributed by atoms with Crippen molar-refractivity contribution >= 4 is 27.7 Å². The number of amides is 1. The summed E-state index contributed by atoms with van der Waals surface area (Å²) < 4.78 is 0.763. The molecule has 1 amide bonds. The Morgan fingerprint density at radius 2 is 2.18 bits per heavy atom. The van der Waals surface area contributed by atoms with Crippen molar-refractivity contribution in [2.45, 2.75) is 6.92 Å². The van der Waals surface area contributed by atoms with Gasteiger partial charge in [-0.05, 0) is 40.5 Å². The van der Waals surface area contributed by atoms with Crippen LogP contribution < -0.4 is 5.32 Å². The predicted molar refractivity (Wildman–Crippen MR) is 68.9 cm³/mol. The van der Waals surface area contributed by atoms with Crippen molar-refractivity contribution in [3.05, 3.63) is 52.4 Å². The van der Waals surface area contributed by atoms with Crippen LogP contribution in [0, 0.1) is 6.92 Å². The van der Waals surface area contributed by atoms with E-state index in [1.54, 1.807) is 12.3 Å². The van der Waals surface area contributed by atoms with E-state index in [4.69, 9.17) is 0 Å². The summed E-state index contributed by atoms with van der Waals surface area (Å²) in [6, 6.07) is 5.55. The Bertz CT molecular complexity index is 543. The summed E-state index contributed by atoms with van der Waals surface area (Å²) in [6.07, 6.45) is 4.58. The molecule has 0 saturated carbocycles. The summed E-state index contributed by atoms with van der Waals surface area (Å²) in [5, 5.41) is 2.68. The number of halogens is 1. The Morgan fingerprint density at radius 1 is 1.35 bits per heavy atom. The van der Waals surface area contributed by atoms with Crippen molar-refractivity contribution in [3.8, 4) is 0 Å². The van der Waals surface area contributed by atoms with Gasteiger partial charge < -0.3 is 5.32 Å². The molecule has 17 heavy (non-hydrogen) atoms. The lowest BCUT2D eigenvalue weighted by Crippen LogP contribution is -2.13. The summed E-state index contributed by atoms with van der Waals surface area (Å²) >= 11 is 3.36. The van der Waals surface area contributed by atoms with Crippen molar-refractivity contribution in [1.82, 2.24) is 9.97 Å². The Morgan fingerprint density at radius 3 is 2.82 bits per heavy atom. The summed E-state index contributed by atoms with van der Waals surface area (Å²) in [4.78, 5) is 19.8. The number of rotatable bonds is 2. The van der Waals surface area contributed by atoms with E-state index >= 15 is 0 Å². The molecule has 4 nitrogen and oxygen atoms in total. The summed E-state index contributed by atoms with van der Waals surface area (Å²) in [6.45, 7) is 1.97. The smallest absolute Gasteiger partial charge is 0.258 e. The van der Waals surface area contributed by atoms with Crippen molar-refractivity contribution in [2.75, 3.05) is 5.32 Å². The fraction of sp³-hybridized carbons (Fsp3) is 0.0833. The minimum absolute atomic E-state index is 0.211. The minimum Gasteiger partial charge on any atom is -0.305 e. The standard InChI is InChI=1S/C12H10BrN3O/c1-8-2-3-9(10(13)6-8)12(17)16-11-7-14-4-5-15-11/h2-7H,1H3,(H,15,16,17). The maximum atomic E-state index is 11.9. The van der Waals surface area contributed by atoms with Crippen molar-refractivity contribution in [2.24, 2.45) is 0 Å². The lowest BCUT2D eigenvalue weighted by molar-refractivity contribution is 0.102. The Hall–Kier alpha value is -1.75. The topological polar surface area (TPSA) is 54.9 Å². The van der Waals surface area contributed by atoms with E-state index < -0.39 is 0 Å². The van der Waals surface area contributed by atoms with Gasteiger partial charge in [0.25, 0.3) is 5.91 Å². The third kappa shape index (κ3) is 2.88. The van der Waals surface area contributed by atoms with Crippen LogP contribution in [0.3, 0.4) is 0 Å². The molecule has 1 aromatic carbocycles. The van der Waals surface area contributed by atoms with E-state index in [1.807, 2.05) is 19.1 Å². The largest absolute Gasteiger partial charge is 0.305 e. The van der Waals surface area contributed by atoms with Crippen LogP contribution in [0.15, 0.2) is 41.3 Å². The number of aromatic nitrogens is 2. The molecule has 0 spiro atoms. The number of carbonyl (C=O) groups is 1. The Labute approximate surface area is 107 Å². The van der Waals surface area contributed by atoms with Gasteiger partial charge in [-0.15, -0.1) is 0 Å². The van der Waals surface area contributed by atoms with Gasteiger partial charge in [-0.2, -0.15) is 0 Å². The Balaban J connectivity index is 2.21. The maximum Gasteiger partial charge on any atom is 0.258 e. The minimum atomic E-state index is -0.211. The first-order chi connectivity index (χ1) is 8.16. The lowest BCUT2D eigenvalue weighted by atomic mass is 10.1. The van der Waals surface area contributed by atoms with Gasteiger partial charge in [0, 0.05) is 16.9 Å². The van der Waals surface area contributed by atoms with Gasteiger partial charge in [0.2, 0.25) is 0 Å². The molecule has 1 heterocycles. The second-order valence-corrected chi connectivity index (χ2v) is 4.38. The van der Waals surface area contributed by atoms with E-state index in [1.165, 1.54) is 12.4 Å². The first-order valence-electron chi connectivity index (χ1n) is 5.00. The maximum absolute atomic E-state index is 11.9. The number of hydrogen-bond acceptors (Lipinski definition) is 3. The normalized spacial score (nSPS) is 10.0. The van der Waals surface area contributed by atoms with Crippen LogP contribution in [0.1, 0.15) is 15.9 Å². The van der Waals surface area contributed by atoms with Crippen LogP contribution in [0.25, 0.3) is 0 Å². The molecule has 0 aliphatic heterocycles. The third-order valence-corrected chi connectivity index (χ3v) is 2.83. The second-order valence-electron chi connectivity index (χ2n) is 3.53. The number of nitrogens with one attached hydrogen (secondary N) is 1. The van der Waals surface area contributed by atoms with Crippen LogP contribution in [0.5, 0.6) is 0 Å². The van der Waals surface area contributed by atoms with E-state index in [2.05, 4.69) is 31.2 Å². The van der Waals surface area contributed by atoms with Gasteiger partial charge in [0.1, 0.15) is 0 Å². The number of nitrogens with zero attached hydrogens (tertiary/aromatic N) is 2. The van der Waals surface area contributed by atoms with Gasteiger partial charge in [0.05, 0.1) is 11.8 Å². The van der Waals surface area contributed by atoms with Crippen LogP contribution in [-0.4, -0.2) is 15.9 Å². The van der Waals surface area contributed by atoms with Crippen molar-refractivity contribution in [1.29, 1.82) is 0 Å².